The summed E-state index contributed by atoms with van der Waals surface area (Å²) in [5.74, 6) is 1.34. The minimum Gasteiger partial charge on any atom is -0.456 e. The standard InChI is InChI=1S/C52H78N2O3/c1-5-9-13-17-21-27-37-53(38-28-22-18-14-10-6-2)43-33-35-47-49(41-43)56-50-42-44(34-36-48(50)52(47)46-32-26-25-31-45(46)51(55)57-52)54(39-29-23-19-15-11-7-3)40-30-24-20-16-12-8-4/h25-26,31-36,41-42H,5-24,27-30,37-40H2,1-4H3. The van der Waals surface area contributed by atoms with Crippen LogP contribution in [-0.2, 0) is 10.3 Å². The zero-order valence-corrected chi connectivity index (χ0v) is 36.7. The molecule has 0 unspecified atom stereocenters. The maximum atomic E-state index is 13.7. The number of ether oxygens (including phenoxy) is 2. The first-order valence-electron chi connectivity index (χ1n) is 23.9. The van der Waals surface area contributed by atoms with Gasteiger partial charge in [-0.05, 0) is 56.0 Å². The first kappa shape index (κ1) is 44.6. The second kappa shape index (κ2) is 24.5. The second-order valence-electron chi connectivity index (χ2n) is 17.1. The third kappa shape index (κ3) is 12.3. The summed E-state index contributed by atoms with van der Waals surface area (Å²) in [5, 5.41) is 0. The van der Waals surface area contributed by atoms with Crippen LogP contribution < -0.4 is 14.5 Å². The summed E-state index contributed by atoms with van der Waals surface area (Å²) >= 11 is 0. The van der Waals surface area contributed by atoms with Crippen molar-refractivity contribution in [2.45, 2.75) is 187 Å². The molecular weight excluding hydrogens is 701 g/mol. The highest BCUT2D eigenvalue weighted by Gasteiger charge is 2.53. The van der Waals surface area contributed by atoms with E-state index in [9.17, 15) is 4.79 Å². The Morgan fingerprint density at radius 2 is 0.807 bits per heavy atom. The molecule has 0 N–H and O–H groups in total. The van der Waals surface area contributed by atoms with Crippen molar-refractivity contribution in [3.8, 4) is 11.5 Å². The molecule has 57 heavy (non-hydrogen) atoms. The molecule has 0 bridgehead atoms. The summed E-state index contributed by atoms with van der Waals surface area (Å²) in [6.45, 7) is 13.4. The summed E-state index contributed by atoms with van der Waals surface area (Å²) in [6.07, 6.45) is 30.9. The van der Waals surface area contributed by atoms with Gasteiger partial charge in [-0.2, -0.15) is 0 Å². The van der Waals surface area contributed by atoms with Crippen LogP contribution in [-0.4, -0.2) is 32.1 Å². The molecule has 314 valence electrons. The number of nitrogens with zero attached hydrogens (tertiary/aromatic N) is 2. The van der Waals surface area contributed by atoms with Gasteiger partial charge in [-0.15, -0.1) is 0 Å². The van der Waals surface area contributed by atoms with Crippen LogP contribution in [0.15, 0.2) is 60.7 Å². The SMILES string of the molecule is CCCCCCCCN(CCCCCCCC)c1ccc2c(c1)Oc1cc(N(CCCCCCCC)CCCCCCCC)ccc1C21OC(=O)c2ccccc21. The van der Waals surface area contributed by atoms with E-state index in [0.717, 1.165) is 54.4 Å². The van der Waals surface area contributed by atoms with E-state index in [4.69, 9.17) is 9.47 Å². The molecule has 1 spiro atoms. The van der Waals surface area contributed by atoms with Crippen molar-refractivity contribution in [3.63, 3.8) is 0 Å². The van der Waals surface area contributed by atoms with Gasteiger partial charge in [0, 0.05) is 66.4 Å². The first-order valence-corrected chi connectivity index (χ1v) is 23.9. The van der Waals surface area contributed by atoms with Gasteiger partial charge in [0.05, 0.1) is 5.56 Å². The van der Waals surface area contributed by atoms with Gasteiger partial charge in [0.15, 0.2) is 5.60 Å². The molecular formula is C52H78N2O3. The van der Waals surface area contributed by atoms with Crippen molar-refractivity contribution >= 4 is 17.3 Å². The molecule has 2 heterocycles. The van der Waals surface area contributed by atoms with E-state index >= 15 is 0 Å². The predicted molar refractivity (Wildman–Crippen MR) is 243 cm³/mol. The van der Waals surface area contributed by atoms with Gasteiger partial charge in [0.25, 0.3) is 0 Å². The van der Waals surface area contributed by atoms with Gasteiger partial charge >= 0.3 is 5.97 Å². The molecule has 2 aliphatic rings. The lowest BCUT2D eigenvalue weighted by Gasteiger charge is -2.38. The fourth-order valence-corrected chi connectivity index (χ4v) is 9.12. The zero-order valence-electron chi connectivity index (χ0n) is 36.7. The summed E-state index contributed by atoms with van der Waals surface area (Å²) in [6, 6.07) is 21.4. The average molecular weight is 779 g/mol. The monoisotopic (exact) mass is 779 g/mol. The summed E-state index contributed by atoms with van der Waals surface area (Å²) < 4.78 is 13.6. The van der Waals surface area contributed by atoms with Crippen LogP contribution in [0.5, 0.6) is 11.5 Å². The molecule has 5 nitrogen and oxygen atoms in total. The molecule has 2 aliphatic heterocycles. The number of benzene rings is 3. The Morgan fingerprint density at radius 3 is 1.21 bits per heavy atom. The lowest BCUT2D eigenvalue weighted by Crippen LogP contribution is -2.34. The Kier molecular flexibility index (Phi) is 19.1. The van der Waals surface area contributed by atoms with Crippen molar-refractivity contribution in [2.75, 3.05) is 36.0 Å². The molecule has 0 aromatic heterocycles. The topological polar surface area (TPSA) is 42.0 Å². The predicted octanol–water partition coefficient (Wildman–Crippen LogP) is 15.3. The van der Waals surface area contributed by atoms with Gasteiger partial charge in [0.2, 0.25) is 0 Å². The van der Waals surface area contributed by atoms with Crippen molar-refractivity contribution in [2.24, 2.45) is 0 Å². The van der Waals surface area contributed by atoms with Crippen LogP contribution in [0.25, 0.3) is 0 Å². The number of carbonyl (C=O) groups excluding carboxylic acids is 1. The molecule has 0 radical (unpaired) electrons. The lowest BCUT2D eigenvalue weighted by molar-refractivity contribution is 0.0224. The molecule has 5 heteroatoms. The Morgan fingerprint density at radius 1 is 0.439 bits per heavy atom. The highest BCUT2D eigenvalue weighted by atomic mass is 16.6. The van der Waals surface area contributed by atoms with Crippen molar-refractivity contribution in [1.82, 2.24) is 0 Å². The highest BCUT2D eigenvalue weighted by molar-refractivity contribution is 5.97. The zero-order chi connectivity index (χ0) is 40.1. The molecule has 5 rings (SSSR count). The van der Waals surface area contributed by atoms with E-state index in [1.54, 1.807) is 0 Å². The number of esters is 1. The Bertz CT molecular complexity index is 1500. The minimum atomic E-state index is -1.04. The number of carbonyl (C=O) groups is 1. The molecule has 0 saturated carbocycles. The van der Waals surface area contributed by atoms with Crippen LogP contribution in [0.2, 0.25) is 0 Å². The number of unbranched alkanes of at least 4 members (excludes halogenated alkanes) is 20. The molecule has 0 aliphatic carbocycles. The van der Waals surface area contributed by atoms with Crippen molar-refractivity contribution in [3.05, 3.63) is 82.9 Å². The molecule has 0 atom stereocenters. The molecule has 0 amide bonds. The van der Waals surface area contributed by atoms with Gasteiger partial charge in [0.1, 0.15) is 11.5 Å². The Balaban J connectivity index is 1.45. The number of rotatable bonds is 30. The van der Waals surface area contributed by atoms with Crippen LogP contribution in [0.1, 0.15) is 209 Å². The molecule has 3 aromatic carbocycles. The van der Waals surface area contributed by atoms with E-state index in [0.29, 0.717) is 5.56 Å². The van der Waals surface area contributed by atoms with Crippen LogP contribution in [0.4, 0.5) is 11.4 Å². The van der Waals surface area contributed by atoms with Crippen LogP contribution >= 0.6 is 0 Å². The fourth-order valence-electron chi connectivity index (χ4n) is 9.12. The maximum Gasteiger partial charge on any atom is 0.340 e. The normalized spacial score (nSPS) is 13.6. The maximum absolute atomic E-state index is 13.7. The van der Waals surface area contributed by atoms with E-state index in [2.05, 4.69) is 80.0 Å². The summed E-state index contributed by atoms with van der Waals surface area (Å²) in [5.41, 5.74) is 4.76. The summed E-state index contributed by atoms with van der Waals surface area (Å²) in [4.78, 5) is 18.9. The van der Waals surface area contributed by atoms with Crippen molar-refractivity contribution in [1.29, 1.82) is 0 Å². The first-order chi connectivity index (χ1) is 28.1. The fraction of sp³-hybridized carbons (Fsp3) is 0.635. The Labute approximate surface area is 348 Å². The smallest absolute Gasteiger partial charge is 0.340 e. The second-order valence-corrected chi connectivity index (χ2v) is 17.1. The van der Waals surface area contributed by atoms with E-state index in [-0.39, 0.29) is 5.97 Å². The summed E-state index contributed by atoms with van der Waals surface area (Å²) in [7, 11) is 0. The van der Waals surface area contributed by atoms with Gasteiger partial charge in [-0.3, -0.25) is 0 Å². The van der Waals surface area contributed by atoms with Gasteiger partial charge in [-0.1, -0.05) is 174 Å². The molecule has 0 fully saturated rings. The van der Waals surface area contributed by atoms with Gasteiger partial charge < -0.3 is 19.3 Å². The van der Waals surface area contributed by atoms with E-state index in [1.807, 2.05) is 18.2 Å². The van der Waals surface area contributed by atoms with Crippen molar-refractivity contribution < 1.29 is 14.3 Å². The largest absolute Gasteiger partial charge is 0.456 e. The lowest BCUT2D eigenvalue weighted by atomic mass is 9.77. The van der Waals surface area contributed by atoms with E-state index < -0.39 is 5.60 Å². The number of anilines is 2. The van der Waals surface area contributed by atoms with Crippen LogP contribution in [0.3, 0.4) is 0 Å². The van der Waals surface area contributed by atoms with Gasteiger partial charge in [-0.25, -0.2) is 4.79 Å². The Hall–Kier alpha value is -3.47. The third-order valence-electron chi connectivity index (χ3n) is 12.5. The minimum absolute atomic E-state index is 0.266. The molecule has 0 saturated heterocycles. The van der Waals surface area contributed by atoms with Crippen LogP contribution in [0, 0.1) is 0 Å². The number of hydrogen-bond acceptors (Lipinski definition) is 5. The average Bonchev–Trinajstić information content (AvgIpc) is 3.52. The third-order valence-corrected chi connectivity index (χ3v) is 12.5. The number of fused-ring (bicyclic) bond motifs is 6. The van der Waals surface area contributed by atoms with E-state index in [1.165, 1.54) is 165 Å². The highest BCUT2D eigenvalue weighted by Crippen LogP contribution is 2.57. The number of hydrogen-bond donors (Lipinski definition) is 0. The quantitative estimate of drug-likeness (QED) is 0.0498. The molecule has 3 aromatic rings.